The van der Waals surface area contributed by atoms with Gasteiger partial charge in [0.15, 0.2) is 0 Å². The highest BCUT2D eigenvalue weighted by Crippen LogP contribution is 2.15. The molecule has 0 N–H and O–H groups in total. The summed E-state index contributed by atoms with van der Waals surface area (Å²) >= 11 is 0. The van der Waals surface area contributed by atoms with Crippen molar-refractivity contribution in [1.82, 2.24) is 4.31 Å². The minimum Gasteiger partial charge on any atom is -0.207 e. The first kappa shape index (κ1) is 12.9. The standard InChI is InChI=1S/C12H17NO2S/c1-3-10-13(11-4-2)16(14,15)12-8-6-5-7-9-12/h3,5-9H,1,4,10-11H2,2H3. The first-order valence-corrected chi connectivity index (χ1v) is 6.73. The maximum absolute atomic E-state index is 12.2. The highest BCUT2D eigenvalue weighted by molar-refractivity contribution is 7.89. The van der Waals surface area contributed by atoms with Crippen molar-refractivity contribution in [2.24, 2.45) is 0 Å². The lowest BCUT2D eigenvalue weighted by Crippen LogP contribution is -2.31. The predicted octanol–water partition coefficient (Wildman–Crippen LogP) is 2.27. The molecule has 0 saturated heterocycles. The summed E-state index contributed by atoms with van der Waals surface area (Å²) in [6, 6.07) is 8.48. The Hall–Kier alpha value is -1.13. The second kappa shape index (κ2) is 5.82. The van der Waals surface area contributed by atoms with Crippen LogP contribution in [0, 0.1) is 0 Å². The molecule has 0 aliphatic carbocycles. The van der Waals surface area contributed by atoms with Crippen molar-refractivity contribution >= 4 is 10.0 Å². The molecule has 1 aromatic carbocycles. The third-order valence-corrected chi connectivity index (χ3v) is 4.07. The minimum absolute atomic E-state index is 0.338. The maximum atomic E-state index is 12.2. The average molecular weight is 239 g/mol. The molecule has 0 bridgehead atoms. The van der Waals surface area contributed by atoms with Crippen molar-refractivity contribution in [3.8, 4) is 0 Å². The Bertz CT molecular complexity index is 426. The van der Waals surface area contributed by atoms with Gasteiger partial charge in [-0.1, -0.05) is 31.2 Å². The molecule has 1 aromatic rings. The fraction of sp³-hybridized carbons (Fsp3) is 0.333. The van der Waals surface area contributed by atoms with Crippen molar-refractivity contribution in [1.29, 1.82) is 0 Å². The third-order valence-electron chi connectivity index (χ3n) is 2.19. The lowest BCUT2D eigenvalue weighted by molar-refractivity contribution is 0.441. The van der Waals surface area contributed by atoms with Gasteiger partial charge in [0.1, 0.15) is 0 Å². The van der Waals surface area contributed by atoms with Crippen LogP contribution in [0.1, 0.15) is 13.3 Å². The van der Waals surface area contributed by atoms with Crippen molar-refractivity contribution in [3.63, 3.8) is 0 Å². The molecule has 0 heterocycles. The van der Waals surface area contributed by atoms with Crippen molar-refractivity contribution in [2.45, 2.75) is 18.2 Å². The molecule has 0 aliphatic heterocycles. The van der Waals surface area contributed by atoms with Crippen LogP contribution in [0.3, 0.4) is 0 Å². The van der Waals surface area contributed by atoms with Gasteiger partial charge in [-0.25, -0.2) is 8.42 Å². The summed E-state index contributed by atoms with van der Waals surface area (Å²) in [5.41, 5.74) is 0. The van der Waals surface area contributed by atoms with E-state index in [-0.39, 0.29) is 0 Å². The zero-order valence-electron chi connectivity index (χ0n) is 9.46. The molecule has 0 amide bonds. The van der Waals surface area contributed by atoms with Gasteiger partial charge in [0.2, 0.25) is 10.0 Å². The van der Waals surface area contributed by atoms with E-state index in [1.165, 1.54) is 4.31 Å². The topological polar surface area (TPSA) is 37.4 Å². The molecule has 0 aliphatic rings. The molecular weight excluding hydrogens is 222 g/mol. The van der Waals surface area contributed by atoms with Gasteiger partial charge in [0.25, 0.3) is 0 Å². The van der Waals surface area contributed by atoms with Gasteiger partial charge in [-0.05, 0) is 18.6 Å². The van der Waals surface area contributed by atoms with Gasteiger partial charge in [0, 0.05) is 13.1 Å². The zero-order valence-corrected chi connectivity index (χ0v) is 10.3. The summed E-state index contributed by atoms with van der Waals surface area (Å²) < 4.78 is 25.8. The van der Waals surface area contributed by atoms with Crippen LogP contribution in [-0.2, 0) is 10.0 Å². The first-order chi connectivity index (χ1) is 7.62. The first-order valence-electron chi connectivity index (χ1n) is 5.29. The molecule has 0 aromatic heterocycles. The number of benzene rings is 1. The Morgan fingerprint density at radius 3 is 2.44 bits per heavy atom. The van der Waals surface area contributed by atoms with E-state index in [1.807, 2.05) is 6.92 Å². The molecule has 0 fully saturated rings. The molecule has 16 heavy (non-hydrogen) atoms. The largest absolute Gasteiger partial charge is 0.243 e. The molecule has 0 unspecified atom stereocenters. The highest BCUT2D eigenvalue weighted by atomic mass is 32.2. The lowest BCUT2D eigenvalue weighted by atomic mass is 10.4. The Morgan fingerprint density at radius 1 is 1.31 bits per heavy atom. The summed E-state index contributed by atoms with van der Waals surface area (Å²) in [6.07, 6.45) is 2.40. The molecule has 0 radical (unpaired) electrons. The van der Waals surface area contributed by atoms with Crippen LogP contribution in [0.4, 0.5) is 0 Å². The van der Waals surface area contributed by atoms with Crippen LogP contribution in [0.2, 0.25) is 0 Å². The number of nitrogens with zero attached hydrogens (tertiary/aromatic N) is 1. The van der Waals surface area contributed by atoms with Gasteiger partial charge >= 0.3 is 0 Å². The highest BCUT2D eigenvalue weighted by Gasteiger charge is 2.21. The Labute approximate surface area is 97.5 Å². The van der Waals surface area contributed by atoms with Crippen molar-refractivity contribution in [2.75, 3.05) is 13.1 Å². The maximum Gasteiger partial charge on any atom is 0.243 e. The summed E-state index contributed by atoms with van der Waals surface area (Å²) in [6.45, 7) is 6.41. The molecule has 1 rings (SSSR count). The van der Waals surface area contributed by atoms with E-state index in [1.54, 1.807) is 36.4 Å². The van der Waals surface area contributed by atoms with E-state index in [0.29, 0.717) is 18.0 Å². The Kier molecular flexibility index (Phi) is 4.71. The molecule has 4 heteroatoms. The van der Waals surface area contributed by atoms with Gasteiger partial charge < -0.3 is 0 Å². The van der Waals surface area contributed by atoms with Crippen LogP contribution < -0.4 is 0 Å². The van der Waals surface area contributed by atoms with E-state index in [4.69, 9.17) is 0 Å². The van der Waals surface area contributed by atoms with E-state index in [9.17, 15) is 8.42 Å². The van der Waals surface area contributed by atoms with Crippen LogP contribution >= 0.6 is 0 Å². The molecule has 0 atom stereocenters. The van der Waals surface area contributed by atoms with Gasteiger partial charge in [0.05, 0.1) is 4.90 Å². The van der Waals surface area contributed by atoms with Crippen molar-refractivity contribution in [3.05, 3.63) is 43.0 Å². The summed E-state index contributed by atoms with van der Waals surface area (Å²) in [7, 11) is -3.36. The van der Waals surface area contributed by atoms with E-state index in [0.717, 1.165) is 6.42 Å². The molecule has 88 valence electrons. The fourth-order valence-corrected chi connectivity index (χ4v) is 2.97. The minimum atomic E-state index is -3.36. The van der Waals surface area contributed by atoms with E-state index in [2.05, 4.69) is 6.58 Å². The van der Waals surface area contributed by atoms with Crippen LogP contribution in [0.5, 0.6) is 0 Å². The quantitative estimate of drug-likeness (QED) is 0.714. The predicted molar refractivity (Wildman–Crippen MR) is 65.7 cm³/mol. The smallest absolute Gasteiger partial charge is 0.207 e. The second-order valence-electron chi connectivity index (χ2n) is 3.46. The molecular formula is C12H17NO2S. The number of hydrogen-bond donors (Lipinski definition) is 0. The van der Waals surface area contributed by atoms with Gasteiger partial charge in [-0.3, -0.25) is 0 Å². The lowest BCUT2D eigenvalue weighted by Gasteiger charge is -2.19. The van der Waals surface area contributed by atoms with E-state index >= 15 is 0 Å². The normalized spacial score (nSPS) is 11.6. The zero-order chi connectivity index (χ0) is 12.0. The monoisotopic (exact) mass is 239 g/mol. The summed E-state index contributed by atoms with van der Waals surface area (Å²) in [4.78, 5) is 0.338. The van der Waals surface area contributed by atoms with Gasteiger partial charge in [-0.15, -0.1) is 6.58 Å². The number of rotatable bonds is 6. The third kappa shape index (κ3) is 2.93. The molecule has 3 nitrogen and oxygen atoms in total. The molecule has 0 spiro atoms. The second-order valence-corrected chi connectivity index (χ2v) is 5.40. The SMILES string of the molecule is C=CCN(CCC)S(=O)(=O)c1ccccc1. The summed E-state index contributed by atoms with van der Waals surface area (Å²) in [5.74, 6) is 0. The Morgan fingerprint density at radius 2 is 1.94 bits per heavy atom. The van der Waals surface area contributed by atoms with Crippen LogP contribution in [0.25, 0.3) is 0 Å². The number of sulfonamides is 1. The average Bonchev–Trinajstić information content (AvgIpc) is 2.30. The fourth-order valence-electron chi connectivity index (χ4n) is 1.44. The number of hydrogen-bond acceptors (Lipinski definition) is 2. The van der Waals surface area contributed by atoms with Crippen LogP contribution in [0.15, 0.2) is 47.9 Å². The van der Waals surface area contributed by atoms with Crippen LogP contribution in [-0.4, -0.2) is 25.8 Å². The summed E-state index contributed by atoms with van der Waals surface area (Å²) in [5, 5.41) is 0. The Balaban J connectivity index is 3.03. The van der Waals surface area contributed by atoms with Crippen molar-refractivity contribution < 1.29 is 8.42 Å². The molecule has 0 saturated carbocycles. The van der Waals surface area contributed by atoms with Gasteiger partial charge in [-0.2, -0.15) is 4.31 Å². The van der Waals surface area contributed by atoms with E-state index < -0.39 is 10.0 Å².